The molecule has 1 heterocycles. The van der Waals surface area contributed by atoms with Crippen LogP contribution in [0.3, 0.4) is 0 Å². The second-order valence-corrected chi connectivity index (χ2v) is 3.91. The molecule has 0 unspecified atom stereocenters. The summed E-state index contributed by atoms with van der Waals surface area (Å²) in [5, 5.41) is 1.09. The van der Waals surface area contributed by atoms with Gasteiger partial charge in [-0.05, 0) is 12.1 Å². The topological polar surface area (TPSA) is 39.0 Å². The Balaban J connectivity index is 2.24. The van der Waals surface area contributed by atoms with E-state index in [2.05, 4.69) is 16.0 Å². The summed E-state index contributed by atoms with van der Waals surface area (Å²) in [6.07, 6.45) is 0. The van der Waals surface area contributed by atoms with E-state index in [4.69, 9.17) is 5.84 Å². The summed E-state index contributed by atoms with van der Waals surface area (Å²) >= 11 is 1.77. The Morgan fingerprint density at radius 3 is 2.71 bits per heavy atom. The third-order valence-corrected chi connectivity index (χ3v) is 2.92. The van der Waals surface area contributed by atoms with Crippen LogP contribution >= 0.6 is 11.8 Å². The zero-order valence-corrected chi connectivity index (χ0v) is 8.29. The predicted molar refractivity (Wildman–Crippen MR) is 58.8 cm³/mol. The number of aliphatic imine (C=N–C) groups is 1. The fourth-order valence-electron chi connectivity index (χ4n) is 1.25. The van der Waals surface area contributed by atoms with E-state index in [0.717, 1.165) is 28.5 Å². The maximum atomic E-state index is 8.29. The zero-order chi connectivity index (χ0) is 9.80. The van der Waals surface area contributed by atoms with Crippen LogP contribution in [0.2, 0.25) is 0 Å². The van der Waals surface area contributed by atoms with E-state index in [1.54, 1.807) is 11.8 Å². The summed E-state index contributed by atoms with van der Waals surface area (Å²) in [5.74, 6) is 9.36. The van der Waals surface area contributed by atoms with Gasteiger partial charge in [0.15, 0.2) is 4.95 Å². The van der Waals surface area contributed by atoms with Crippen LogP contribution in [0.4, 0.5) is 0 Å². The van der Waals surface area contributed by atoms with Crippen LogP contribution < -0.4 is 5.84 Å². The number of nitrogens with zero attached hydrogens (tertiary/aromatic N) is 3. The highest BCUT2D eigenvalue weighted by Gasteiger charge is 2.09. The molecule has 2 rings (SSSR count). The van der Waals surface area contributed by atoms with Crippen LogP contribution in [0.15, 0.2) is 29.3 Å². The molecule has 3 nitrogen and oxygen atoms in total. The first-order chi connectivity index (χ1) is 6.90. The van der Waals surface area contributed by atoms with Crippen molar-refractivity contribution >= 4 is 16.8 Å². The average Bonchev–Trinajstić information content (AvgIpc) is 2.72. The lowest BCUT2D eigenvalue weighted by molar-refractivity contribution is 1.17. The van der Waals surface area contributed by atoms with Gasteiger partial charge in [0.2, 0.25) is 0 Å². The molecule has 68 valence electrons. The summed E-state index contributed by atoms with van der Waals surface area (Å²) < 4.78 is 0. The maximum absolute atomic E-state index is 8.29. The molecular formula is C10H8N3S+. The second kappa shape index (κ2) is 4.16. The van der Waals surface area contributed by atoms with Crippen molar-refractivity contribution in [3.63, 3.8) is 0 Å². The summed E-state index contributed by atoms with van der Waals surface area (Å²) in [5.41, 5.74) is 1.89. The lowest BCUT2D eigenvalue weighted by Crippen LogP contribution is -1.90. The van der Waals surface area contributed by atoms with Crippen molar-refractivity contribution in [3.8, 4) is 6.07 Å². The third kappa shape index (κ3) is 1.88. The van der Waals surface area contributed by atoms with E-state index < -0.39 is 0 Å². The normalized spacial score (nSPS) is 14.4. The molecule has 1 aromatic carbocycles. The summed E-state index contributed by atoms with van der Waals surface area (Å²) in [7, 11) is 0. The first-order valence-electron chi connectivity index (χ1n) is 4.28. The largest absolute Gasteiger partial charge is 0.362 e. The molecule has 0 saturated heterocycles. The SMILES string of the molecule is [N][N+]#Cc1ccc(C2=NCCS2)cc1. The Labute approximate surface area is 86.8 Å². The van der Waals surface area contributed by atoms with Gasteiger partial charge in [-0.25, -0.2) is 0 Å². The smallest absolute Gasteiger partial charge is 0.277 e. The molecule has 0 amide bonds. The first kappa shape index (κ1) is 9.10. The molecule has 0 spiro atoms. The van der Waals surface area contributed by atoms with Crippen LogP contribution in [-0.4, -0.2) is 17.3 Å². The van der Waals surface area contributed by atoms with E-state index in [9.17, 15) is 0 Å². The van der Waals surface area contributed by atoms with Crippen molar-refractivity contribution in [2.75, 3.05) is 12.3 Å². The van der Waals surface area contributed by atoms with Crippen LogP contribution in [0.25, 0.3) is 4.95 Å². The van der Waals surface area contributed by atoms with Gasteiger partial charge in [-0.1, -0.05) is 12.1 Å². The van der Waals surface area contributed by atoms with Gasteiger partial charge in [-0.2, -0.15) is 0 Å². The molecule has 1 aromatic rings. The lowest BCUT2D eigenvalue weighted by atomic mass is 10.2. The number of hydrogen-bond acceptors (Lipinski definition) is 2. The van der Waals surface area contributed by atoms with Gasteiger partial charge < -0.3 is 0 Å². The predicted octanol–water partition coefficient (Wildman–Crippen LogP) is 1.84. The van der Waals surface area contributed by atoms with Crippen LogP contribution in [0.1, 0.15) is 11.1 Å². The van der Waals surface area contributed by atoms with E-state index in [1.807, 2.05) is 24.3 Å². The molecule has 4 heteroatoms. The van der Waals surface area contributed by atoms with E-state index in [-0.39, 0.29) is 0 Å². The molecule has 0 atom stereocenters. The van der Waals surface area contributed by atoms with E-state index in [0.29, 0.717) is 0 Å². The van der Waals surface area contributed by atoms with Crippen LogP contribution in [-0.2, 0) is 0 Å². The Morgan fingerprint density at radius 2 is 2.14 bits per heavy atom. The Bertz CT molecular complexity index is 411. The Kier molecular flexibility index (Phi) is 2.70. The van der Waals surface area contributed by atoms with Crippen molar-refractivity contribution in [2.24, 2.45) is 4.99 Å². The van der Waals surface area contributed by atoms with Crippen LogP contribution in [0.5, 0.6) is 0 Å². The highest BCUT2D eigenvalue weighted by molar-refractivity contribution is 8.14. The van der Waals surface area contributed by atoms with Crippen molar-refractivity contribution < 1.29 is 0 Å². The molecule has 0 aliphatic carbocycles. The Hall–Kier alpha value is -1.47. The molecular weight excluding hydrogens is 194 g/mol. The molecule has 0 saturated carbocycles. The molecule has 0 N–H and O–H groups in total. The fraction of sp³-hybridized carbons (Fsp3) is 0.200. The van der Waals surface area contributed by atoms with Gasteiger partial charge in [0.1, 0.15) is 5.56 Å². The van der Waals surface area contributed by atoms with Crippen molar-refractivity contribution in [1.29, 1.82) is 0 Å². The minimum Gasteiger partial charge on any atom is -0.277 e. The minimum absolute atomic E-state index is 0.764. The summed E-state index contributed by atoms with van der Waals surface area (Å²) in [6, 6.07) is 10.1. The molecule has 0 aromatic heterocycles. The molecule has 2 radical (unpaired) electrons. The molecule has 0 bridgehead atoms. The maximum Gasteiger partial charge on any atom is 0.362 e. The Morgan fingerprint density at radius 1 is 1.36 bits per heavy atom. The van der Waals surface area contributed by atoms with Crippen LogP contribution in [0, 0.1) is 6.07 Å². The molecule has 0 fully saturated rings. The highest BCUT2D eigenvalue weighted by atomic mass is 32.2. The van der Waals surface area contributed by atoms with Gasteiger partial charge in [0.05, 0.1) is 5.04 Å². The van der Waals surface area contributed by atoms with Crippen molar-refractivity contribution in [3.05, 3.63) is 40.3 Å². The monoisotopic (exact) mass is 202 g/mol. The second-order valence-electron chi connectivity index (χ2n) is 2.82. The number of rotatable bonds is 1. The van der Waals surface area contributed by atoms with Gasteiger partial charge in [-0.15, -0.1) is 11.8 Å². The zero-order valence-electron chi connectivity index (χ0n) is 7.47. The quantitative estimate of drug-likeness (QED) is 0.640. The first-order valence-corrected chi connectivity index (χ1v) is 5.26. The van der Waals surface area contributed by atoms with Crippen molar-refractivity contribution in [1.82, 2.24) is 5.84 Å². The van der Waals surface area contributed by atoms with Crippen molar-refractivity contribution in [2.45, 2.75) is 0 Å². The fourth-order valence-corrected chi connectivity index (χ4v) is 2.12. The standard InChI is InChI=1S/C10H8N3S/c11-13-7-8-1-3-9(4-2-8)10-12-5-6-14-10/h1-4H,5-6H2/q+1. The number of thioether (sulfide) groups is 1. The van der Waals surface area contributed by atoms with Gasteiger partial charge in [-0.3, -0.25) is 4.99 Å². The van der Waals surface area contributed by atoms with E-state index >= 15 is 0 Å². The average molecular weight is 202 g/mol. The minimum atomic E-state index is 0.764. The van der Waals surface area contributed by atoms with Gasteiger partial charge >= 0.3 is 11.9 Å². The van der Waals surface area contributed by atoms with Gasteiger partial charge in [0, 0.05) is 17.9 Å². The summed E-state index contributed by atoms with van der Waals surface area (Å²) in [4.78, 5) is 7.22. The number of hydrogen-bond donors (Lipinski definition) is 0. The lowest BCUT2D eigenvalue weighted by Gasteiger charge is -1.97. The summed E-state index contributed by atoms with van der Waals surface area (Å²) in [6.45, 7) is 0.909. The van der Waals surface area contributed by atoms with E-state index in [1.165, 1.54) is 0 Å². The molecule has 1 aliphatic heterocycles. The highest BCUT2D eigenvalue weighted by Crippen LogP contribution is 2.19. The molecule has 14 heavy (non-hydrogen) atoms. The molecule has 1 aliphatic rings. The third-order valence-electron chi connectivity index (χ3n) is 1.90. The van der Waals surface area contributed by atoms with Gasteiger partial charge in [0.25, 0.3) is 0 Å². The number of benzene rings is 1.